The van der Waals surface area contributed by atoms with Crippen LogP contribution in [-0.4, -0.2) is 46.3 Å². The second-order valence-corrected chi connectivity index (χ2v) is 5.85. The maximum atomic E-state index is 12.9. The number of carbonyl (C=O) groups is 1. The number of amides is 2. The van der Waals surface area contributed by atoms with Gasteiger partial charge in [0.1, 0.15) is 0 Å². The summed E-state index contributed by atoms with van der Waals surface area (Å²) in [7, 11) is 0. The van der Waals surface area contributed by atoms with Crippen molar-refractivity contribution in [1.82, 2.24) is 20.0 Å². The molecule has 3 rings (SSSR count). The number of alkyl halides is 2. The minimum atomic E-state index is -2.48. The molecule has 1 fully saturated rings. The van der Waals surface area contributed by atoms with E-state index in [1.165, 1.54) is 4.90 Å². The lowest BCUT2D eigenvalue weighted by atomic mass is 10.2. The molecule has 1 aliphatic rings. The van der Waals surface area contributed by atoms with Gasteiger partial charge in [-0.05, 0) is 37.0 Å². The van der Waals surface area contributed by atoms with Crippen LogP contribution in [0.15, 0.2) is 42.7 Å². The van der Waals surface area contributed by atoms with Gasteiger partial charge in [-0.3, -0.25) is 0 Å². The number of nitrogens with one attached hydrogen (secondary N) is 1. The summed E-state index contributed by atoms with van der Waals surface area (Å²) in [5.41, 5.74) is 1.94. The monoisotopic (exact) mass is 334 g/mol. The summed E-state index contributed by atoms with van der Waals surface area (Å²) in [6.45, 7) is 0.790. The van der Waals surface area contributed by atoms with Crippen LogP contribution in [0.4, 0.5) is 13.6 Å². The van der Waals surface area contributed by atoms with E-state index in [2.05, 4.69) is 10.4 Å². The van der Waals surface area contributed by atoms with Crippen LogP contribution in [0.3, 0.4) is 0 Å². The van der Waals surface area contributed by atoms with Gasteiger partial charge in [0, 0.05) is 19.3 Å². The van der Waals surface area contributed by atoms with E-state index < -0.39 is 18.5 Å². The third-order valence-corrected chi connectivity index (χ3v) is 4.20. The van der Waals surface area contributed by atoms with Gasteiger partial charge in [-0.15, -0.1) is 0 Å². The van der Waals surface area contributed by atoms with Crippen molar-refractivity contribution in [1.29, 1.82) is 0 Å². The molecule has 24 heavy (non-hydrogen) atoms. The number of aromatic nitrogens is 2. The molecule has 1 atom stereocenters. The van der Waals surface area contributed by atoms with E-state index in [0.29, 0.717) is 32.4 Å². The number of hydrogen-bond acceptors (Lipinski definition) is 2. The molecule has 0 bridgehead atoms. The minimum Gasteiger partial charge on any atom is -0.338 e. The van der Waals surface area contributed by atoms with Gasteiger partial charge >= 0.3 is 6.03 Å². The number of carbonyl (C=O) groups excluding carboxylic acids is 1. The molecule has 1 N–H and O–H groups in total. The van der Waals surface area contributed by atoms with E-state index in [9.17, 15) is 13.6 Å². The first-order valence-corrected chi connectivity index (χ1v) is 8.07. The first kappa shape index (κ1) is 16.4. The fourth-order valence-electron chi connectivity index (χ4n) is 2.93. The molecule has 2 amide bonds. The molecular formula is C17H20F2N4O. The Bertz CT molecular complexity index is 674. The lowest BCUT2D eigenvalue weighted by Crippen LogP contribution is -2.46. The van der Waals surface area contributed by atoms with Crippen LogP contribution >= 0.6 is 0 Å². The van der Waals surface area contributed by atoms with Gasteiger partial charge in [-0.25, -0.2) is 18.3 Å². The van der Waals surface area contributed by atoms with Crippen molar-refractivity contribution in [3.05, 3.63) is 48.3 Å². The van der Waals surface area contributed by atoms with E-state index in [1.54, 1.807) is 10.9 Å². The molecule has 0 spiro atoms. The summed E-state index contributed by atoms with van der Waals surface area (Å²) in [5.74, 6) is 0. The largest absolute Gasteiger partial charge is 0.338 e. The average molecular weight is 334 g/mol. The number of nitrogens with zero attached hydrogens (tertiary/aromatic N) is 3. The van der Waals surface area contributed by atoms with E-state index in [1.807, 2.05) is 36.5 Å². The summed E-state index contributed by atoms with van der Waals surface area (Å²) in [5, 5.41) is 7.01. The van der Waals surface area contributed by atoms with Crippen LogP contribution in [0.1, 0.15) is 18.4 Å². The molecule has 128 valence electrons. The number of hydrogen-bond donors (Lipinski definition) is 1. The first-order chi connectivity index (χ1) is 11.6. The Morgan fingerprint density at radius 1 is 1.33 bits per heavy atom. The normalized spacial score (nSPS) is 17.5. The van der Waals surface area contributed by atoms with Gasteiger partial charge in [-0.2, -0.15) is 5.10 Å². The molecule has 7 heteroatoms. The Balaban J connectivity index is 1.50. The van der Waals surface area contributed by atoms with Crippen molar-refractivity contribution < 1.29 is 13.6 Å². The molecule has 0 unspecified atom stereocenters. The fourth-order valence-corrected chi connectivity index (χ4v) is 2.93. The highest BCUT2D eigenvalue weighted by Gasteiger charge is 2.34. The van der Waals surface area contributed by atoms with Gasteiger partial charge in [-0.1, -0.05) is 18.2 Å². The topological polar surface area (TPSA) is 50.2 Å². The zero-order valence-corrected chi connectivity index (χ0v) is 13.2. The summed E-state index contributed by atoms with van der Waals surface area (Å²) in [6.07, 6.45) is 2.77. The second-order valence-electron chi connectivity index (χ2n) is 5.85. The lowest BCUT2D eigenvalue weighted by molar-refractivity contribution is 0.0608. The van der Waals surface area contributed by atoms with Crippen LogP contribution in [0.2, 0.25) is 0 Å². The maximum absolute atomic E-state index is 12.9. The zero-order valence-electron chi connectivity index (χ0n) is 13.2. The highest BCUT2D eigenvalue weighted by molar-refractivity contribution is 5.74. The molecule has 1 aromatic carbocycles. The van der Waals surface area contributed by atoms with Gasteiger partial charge in [0.25, 0.3) is 6.43 Å². The highest BCUT2D eigenvalue weighted by atomic mass is 19.3. The maximum Gasteiger partial charge on any atom is 0.317 e. The van der Waals surface area contributed by atoms with Crippen LogP contribution in [-0.2, 0) is 6.42 Å². The molecule has 1 saturated heterocycles. The van der Waals surface area contributed by atoms with Crippen LogP contribution < -0.4 is 5.32 Å². The standard InChI is InChI=1S/C17H20F2N4O/c18-16(19)15-7-4-10-22(15)17(24)20-9-8-13-11-21-23(12-13)14-5-2-1-3-6-14/h1-3,5-6,11-12,15-16H,4,7-10H2,(H,20,24)/t15-/m0/s1. The van der Waals surface area contributed by atoms with Gasteiger partial charge < -0.3 is 10.2 Å². The van der Waals surface area contributed by atoms with E-state index in [4.69, 9.17) is 0 Å². The molecule has 0 radical (unpaired) electrons. The van der Waals surface area contributed by atoms with Crippen molar-refractivity contribution in [3.8, 4) is 5.69 Å². The number of rotatable bonds is 5. The Morgan fingerprint density at radius 2 is 2.12 bits per heavy atom. The molecule has 5 nitrogen and oxygen atoms in total. The van der Waals surface area contributed by atoms with Crippen LogP contribution in [0.5, 0.6) is 0 Å². The lowest BCUT2D eigenvalue weighted by Gasteiger charge is -2.24. The molecule has 1 aliphatic heterocycles. The van der Waals surface area contributed by atoms with Crippen molar-refractivity contribution >= 4 is 6.03 Å². The third-order valence-electron chi connectivity index (χ3n) is 4.20. The molecule has 0 saturated carbocycles. The van der Waals surface area contributed by atoms with E-state index >= 15 is 0 Å². The Kier molecular flexibility index (Phi) is 5.08. The average Bonchev–Trinajstić information content (AvgIpc) is 3.25. The summed E-state index contributed by atoms with van der Waals surface area (Å²) in [4.78, 5) is 13.3. The second kappa shape index (κ2) is 7.42. The summed E-state index contributed by atoms with van der Waals surface area (Å²) >= 11 is 0. The SMILES string of the molecule is O=C(NCCc1cnn(-c2ccccc2)c1)N1CCC[C@H]1C(F)F. The highest BCUT2D eigenvalue weighted by Crippen LogP contribution is 2.22. The number of urea groups is 1. The molecule has 2 aromatic rings. The van der Waals surface area contributed by atoms with Crippen LogP contribution in [0.25, 0.3) is 5.69 Å². The van der Waals surface area contributed by atoms with Crippen molar-refractivity contribution in [3.63, 3.8) is 0 Å². The van der Waals surface area contributed by atoms with E-state index in [-0.39, 0.29) is 0 Å². The van der Waals surface area contributed by atoms with Gasteiger partial charge in [0.2, 0.25) is 0 Å². The smallest absolute Gasteiger partial charge is 0.317 e. The van der Waals surface area contributed by atoms with Crippen molar-refractivity contribution in [2.45, 2.75) is 31.7 Å². The predicted octanol–water partition coefficient (Wildman–Crippen LogP) is 2.85. The Hall–Kier alpha value is -2.44. The summed E-state index contributed by atoms with van der Waals surface area (Å²) in [6, 6.07) is 8.36. The van der Waals surface area contributed by atoms with Crippen molar-refractivity contribution in [2.75, 3.05) is 13.1 Å². The van der Waals surface area contributed by atoms with Gasteiger partial charge in [0.15, 0.2) is 0 Å². The molecular weight excluding hydrogens is 314 g/mol. The molecule has 1 aromatic heterocycles. The predicted molar refractivity (Wildman–Crippen MR) is 86.4 cm³/mol. The summed E-state index contributed by atoms with van der Waals surface area (Å²) < 4.78 is 27.5. The number of likely N-dealkylation sites (tertiary alicyclic amines) is 1. The van der Waals surface area contributed by atoms with Crippen LogP contribution in [0, 0.1) is 0 Å². The number of para-hydroxylation sites is 1. The van der Waals surface area contributed by atoms with Gasteiger partial charge in [0.05, 0.1) is 17.9 Å². The Labute approximate surface area is 139 Å². The number of halogens is 2. The third kappa shape index (κ3) is 3.72. The minimum absolute atomic E-state index is 0.370. The molecule has 0 aliphatic carbocycles. The Morgan fingerprint density at radius 3 is 2.88 bits per heavy atom. The molecule has 2 heterocycles. The fraction of sp³-hybridized carbons (Fsp3) is 0.412. The quantitative estimate of drug-likeness (QED) is 0.914. The zero-order chi connectivity index (χ0) is 16.9. The van der Waals surface area contributed by atoms with E-state index in [0.717, 1.165) is 11.3 Å². The van der Waals surface area contributed by atoms with Crippen molar-refractivity contribution in [2.24, 2.45) is 0 Å². The first-order valence-electron chi connectivity index (χ1n) is 8.07. The number of benzene rings is 1.